The summed E-state index contributed by atoms with van der Waals surface area (Å²) in [5, 5.41) is 9.18. The Morgan fingerprint density at radius 1 is 1.12 bits per heavy atom. The van der Waals surface area contributed by atoms with Gasteiger partial charge < -0.3 is 5.84 Å². The molecule has 0 fully saturated rings. The quantitative estimate of drug-likeness (QED) is 0.267. The molecule has 0 aliphatic carbocycles. The first kappa shape index (κ1) is 24.0. The molecule has 34 heavy (non-hydrogen) atoms. The highest BCUT2D eigenvalue weighted by Crippen LogP contribution is 2.31. The summed E-state index contributed by atoms with van der Waals surface area (Å²) in [7, 11) is 0. The summed E-state index contributed by atoms with van der Waals surface area (Å²) in [5.74, 6) is 3.55. The van der Waals surface area contributed by atoms with Gasteiger partial charge in [0.1, 0.15) is 0 Å². The predicted molar refractivity (Wildman–Crippen MR) is 126 cm³/mol. The lowest BCUT2D eigenvalue weighted by molar-refractivity contribution is -0.146. The van der Waals surface area contributed by atoms with Gasteiger partial charge >= 0.3 is 6.18 Å². The minimum atomic E-state index is -4.75. The second-order valence-corrected chi connectivity index (χ2v) is 9.17. The van der Waals surface area contributed by atoms with Gasteiger partial charge in [-0.1, -0.05) is 65.8 Å². The molecule has 0 atom stereocenters. The van der Waals surface area contributed by atoms with E-state index in [1.807, 2.05) is 47.8 Å². The van der Waals surface area contributed by atoms with E-state index in [-0.39, 0.29) is 23.4 Å². The monoisotopic (exact) mass is 524 g/mol. The van der Waals surface area contributed by atoms with E-state index in [1.54, 1.807) is 12.1 Å². The van der Waals surface area contributed by atoms with E-state index in [4.69, 9.17) is 17.4 Å². The molecule has 1 amide bonds. The van der Waals surface area contributed by atoms with Crippen molar-refractivity contribution in [2.45, 2.75) is 17.9 Å². The molecule has 4 rings (SSSR count). The van der Waals surface area contributed by atoms with Crippen LogP contribution in [-0.4, -0.2) is 31.5 Å². The van der Waals surface area contributed by atoms with Crippen LogP contribution in [0.15, 0.2) is 65.1 Å². The van der Waals surface area contributed by atoms with E-state index in [2.05, 4.69) is 15.2 Å². The van der Waals surface area contributed by atoms with Crippen LogP contribution >= 0.6 is 34.7 Å². The second kappa shape index (κ2) is 10.0. The maximum atomic E-state index is 13.2. The average Bonchev–Trinajstić information content (AvgIpc) is 3.44. The number of aromatic nitrogens is 4. The van der Waals surface area contributed by atoms with Gasteiger partial charge in [0.25, 0.3) is 5.82 Å². The number of anilines is 1. The first-order valence-corrected chi connectivity index (χ1v) is 11.9. The minimum Gasteiger partial charge on any atom is -0.335 e. The van der Waals surface area contributed by atoms with Gasteiger partial charge in [0.15, 0.2) is 5.13 Å². The lowest BCUT2D eigenvalue weighted by atomic mass is 10.2. The highest BCUT2D eigenvalue weighted by atomic mass is 35.5. The molecule has 0 unspecified atom stereocenters. The summed E-state index contributed by atoms with van der Waals surface area (Å²) in [5.41, 5.74) is 2.38. The molecular formula is C21H16ClF3N6OS2. The second-order valence-electron chi connectivity index (χ2n) is 6.95. The van der Waals surface area contributed by atoms with E-state index in [1.165, 1.54) is 16.2 Å². The number of nitrogen functional groups attached to an aromatic ring is 1. The van der Waals surface area contributed by atoms with Gasteiger partial charge in [-0.2, -0.15) is 13.2 Å². The van der Waals surface area contributed by atoms with Crippen LogP contribution < -0.4 is 10.7 Å². The van der Waals surface area contributed by atoms with Gasteiger partial charge in [0.05, 0.1) is 18.0 Å². The fraction of sp³-hybridized carbons (Fsp3) is 0.143. The van der Waals surface area contributed by atoms with Crippen molar-refractivity contribution in [3.63, 3.8) is 0 Å². The Morgan fingerprint density at radius 3 is 2.47 bits per heavy atom. The standard InChI is InChI=1S/C21H16ClF3N6OS2/c22-15-8-6-14(7-9-15)16-11-33-19(27-16)30(10-13-4-2-1-3-5-13)17(32)12-34-20-29-28-18(31(20)26)21(23,24)25/h1-9,11H,10,12,26H2. The number of nitrogens with two attached hydrogens (primary N) is 1. The fourth-order valence-electron chi connectivity index (χ4n) is 2.94. The van der Waals surface area contributed by atoms with E-state index in [0.29, 0.717) is 20.5 Å². The number of amides is 1. The Balaban J connectivity index is 1.56. The van der Waals surface area contributed by atoms with Gasteiger partial charge in [-0.05, 0) is 17.7 Å². The molecule has 176 valence electrons. The largest absolute Gasteiger partial charge is 0.453 e. The maximum absolute atomic E-state index is 13.2. The molecule has 2 aromatic heterocycles. The smallest absolute Gasteiger partial charge is 0.335 e. The zero-order valence-electron chi connectivity index (χ0n) is 17.2. The van der Waals surface area contributed by atoms with Crippen LogP contribution in [0.2, 0.25) is 5.02 Å². The number of thiazole rings is 1. The van der Waals surface area contributed by atoms with Gasteiger partial charge in [-0.15, -0.1) is 21.5 Å². The first-order chi connectivity index (χ1) is 16.2. The molecule has 0 aliphatic heterocycles. The van der Waals surface area contributed by atoms with E-state index in [9.17, 15) is 18.0 Å². The molecular weight excluding hydrogens is 509 g/mol. The van der Waals surface area contributed by atoms with Crippen LogP contribution in [0.3, 0.4) is 0 Å². The number of nitrogens with zero attached hydrogens (tertiary/aromatic N) is 5. The molecule has 13 heteroatoms. The topological polar surface area (TPSA) is 89.9 Å². The SMILES string of the molecule is Nn1c(SCC(=O)N(Cc2ccccc2)c2nc(-c3ccc(Cl)cc3)cs2)nnc1C(F)(F)F. The van der Waals surface area contributed by atoms with Crippen molar-refractivity contribution in [3.05, 3.63) is 76.4 Å². The highest BCUT2D eigenvalue weighted by Gasteiger charge is 2.38. The zero-order chi connectivity index (χ0) is 24.3. The normalized spacial score (nSPS) is 11.5. The van der Waals surface area contributed by atoms with Crippen LogP contribution in [0.25, 0.3) is 11.3 Å². The number of carbonyl (C=O) groups excluding carboxylic acids is 1. The van der Waals surface area contributed by atoms with Crippen molar-refractivity contribution in [3.8, 4) is 11.3 Å². The van der Waals surface area contributed by atoms with Crippen LogP contribution in [0, 0.1) is 0 Å². The van der Waals surface area contributed by atoms with Gasteiger partial charge in [-0.25, -0.2) is 9.66 Å². The van der Waals surface area contributed by atoms with Crippen molar-refractivity contribution in [2.24, 2.45) is 0 Å². The van der Waals surface area contributed by atoms with E-state index >= 15 is 0 Å². The van der Waals surface area contributed by atoms with Crippen molar-refractivity contribution in [1.82, 2.24) is 19.9 Å². The maximum Gasteiger partial charge on any atom is 0.453 e. The predicted octanol–water partition coefficient (Wildman–Crippen LogP) is 5.11. The zero-order valence-corrected chi connectivity index (χ0v) is 19.6. The number of hydrogen-bond acceptors (Lipinski definition) is 7. The third kappa shape index (κ3) is 5.51. The first-order valence-electron chi connectivity index (χ1n) is 9.68. The third-order valence-electron chi connectivity index (χ3n) is 4.59. The van der Waals surface area contributed by atoms with Crippen molar-refractivity contribution >= 4 is 45.7 Å². The number of alkyl halides is 3. The molecule has 2 aromatic carbocycles. The van der Waals surface area contributed by atoms with Crippen molar-refractivity contribution < 1.29 is 18.0 Å². The van der Waals surface area contributed by atoms with Crippen LogP contribution in [0.1, 0.15) is 11.4 Å². The molecule has 0 saturated heterocycles. The number of halogens is 4. The molecule has 4 aromatic rings. The number of benzene rings is 2. The molecule has 0 aliphatic rings. The molecule has 0 spiro atoms. The number of rotatable bonds is 7. The van der Waals surface area contributed by atoms with Crippen LogP contribution in [0.4, 0.5) is 18.3 Å². The molecule has 0 radical (unpaired) electrons. The Bertz CT molecular complexity index is 1280. The van der Waals surface area contributed by atoms with E-state index in [0.717, 1.165) is 22.9 Å². The average molecular weight is 525 g/mol. The Labute approximate surface area is 205 Å². The third-order valence-corrected chi connectivity index (χ3v) is 6.63. The summed E-state index contributed by atoms with van der Waals surface area (Å²) in [6, 6.07) is 16.4. The summed E-state index contributed by atoms with van der Waals surface area (Å²) < 4.78 is 39.1. The molecule has 2 N–H and O–H groups in total. The number of hydrogen-bond donors (Lipinski definition) is 1. The van der Waals surface area contributed by atoms with E-state index < -0.39 is 12.0 Å². The highest BCUT2D eigenvalue weighted by molar-refractivity contribution is 7.99. The van der Waals surface area contributed by atoms with Crippen molar-refractivity contribution in [2.75, 3.05) is 16.5 Å². The number of carbonyl (C=O) groups is 1. The Morgan fingerprint density at radius 2 is 1.82 bits per heavy atom. The summed E-state index contributed by atoms with van der Waals surface area (Å²) >= 11 is 8.00. The van der Waals surface area contributed by atoms with Gasteiger partial charge in [0.2, 0.25) is 11.1 Å². The fourth-order valence-corrected chi connectivity index (χ4v) is 4.65. The van der Waals surface area contributed by atoms with Gasteiger partial charge in [0, 0.05) is 16.0 Å². The minimum absolute atomic E-state index is 0.212. The Kier molecular flexibility index (Phi) is 7.10. The lowest BCUT2D eigenvalue weighted by Gasteiger charge is -2.20. The molecule has 2 heterocycles. The summed E-state index contributed by atoms with van der Waals surface area (Å²) in [6.07, 6.45) is -4.75. The molecule has 0 bridgehead atoms. The van der Waals surface area contributed by atoms with Gasteiger partial charge in [-0.3, -0.25) is 9.69 Å². The summed E-state index contributed by atoms with van der Waals surface area (Å²) in [4.78, 5) is 19.2. The number of thioether (sulfide) groups is 1. The summed E-state index contributed by atoms with van der Waals surface area (Å²) in [6.45, 7) is 0.233. The molecule has 0 saturated carbocycles. The lowest BCUT2D eigenvalue weighted by Crippen LogP contribution is -2.32. The van der Waals surface area contributed by atoms with Crippen molar-refractivity contribution in [1.29, 1.82) is 0 Å². The Hall–Kier alpha value is -3.09. The van der Waals surface area contributed by atoms with Crippen LogP contribution in [0.5, 0.6) is 0 Å². The molecule has 7 nitrogen and oxygen atoms in total. The van der Waals surface area contributed by atoms with Crippen LogP contribution in [-0.2, 0) is 17.5 Å².